The first-order valence-corrected chi connectivity index (χ1v) is 7.76. The zero-order valence-electron chi connectivity index (χ0n) is 12.8. The maximum Gasteiger partial charge on any atom is 0.254 e. The van der Waals surface area contributed by atoms with E-state index < -0.39 is 11.9 Å². The molecule has 1 atom stereocenters. The lowest BCUT2D eigenvalue weighted by molar-refractivity contribution is -0.116. The molecule has 1 aliphatic heterocycles. The third kappa shape index (κ3) is 2.09. The van der Waals surface area contributed by atoms with Crippen LogP contribution in [0.1, 0.15) is 41.2 Å². The van der Waals surface area contributed by atoms with Crippen molar-refractivity contribution in [3.63, 3.8) is 0 Å². The number of phenols is 1. The number of hydrogen-bond acceptors (Lipinski definition) is 5. The van der Waals surface area contributed by atoms with Crippen molar-refractivity contribution in [2.24, 2.45) is 5.73 Å². The fraction of sp³-hybridized carbons (Fsp3) is 0.235. The van der Waals surface area contributed by atoms with Gasteiger partial charge in [-0.2, -0.15) is 5.10 Å². The highest BCUT2D eigenvalue weighted by Crippen LogP contribution is 2.41. The number of hydrogen-bond donors (Lipinski definition) is 3. The van der Waals surface area contributed by atoms with Crippen LogP contribution in [-0.2, 0) is 4.79 Å². The molecule has 122 valence electrons. The lowest BCUT2D eigenvalue weighted by Gasteiger charge is -2.33. The number of nitrogens with two attached hydrogens (primary N) is 1. The van der Waals surface area contributed by atoms with Gasteiger partial charge in [0.05, 0.1) is 6.20 Å². The minimum atomic E-state index is -0.570. The molecule has 0 spiro atoms. The molecule has 2 aliphatic rings. The van der Waals surface area contributed by atoms with E-state index in [9.17, 15) is 14.7 Å². The number of aromatic hydroxyl groups is 1. The number of Topliss-reactive ketones (excluding diaryl/α,β-unsaturated/α-hetero) is 1. The Balaban J connectivity index is 1.93. The number of anilines is 1. The van der Waals surface area contributed by atoms with E-state index in [1.54, 1.807) is 28.9 Å². The Morgan fingerprint density at radius 2 is 2.04 bits per heavy atom. The zero-order chi connectivity index (χ0) is 16.8. The molecule has 0 unspecified atom stereocenters. The van der Waals surface area contributed by atoms with Crippen LogP contribution in [0.3, 0.4) is 0 Å². The van der Waals surface area contributed by atoms with E-state index in [-0.39, 0.29) is 11.5 Å². The number of allylic oxidation sites excluding steroid dienone is 2. The number of benzene rings is 1. The molecule has 1 amide bonds. The average Bonchev–Trinajstić information content (AvgIpc) is 2.98. The summed E-state index contributed by atoms with van der Waals surface area (Å²) in [5, 5.41) is 17.0. The number of primary amides is 1. The number of rotatable bonds is 2. The molecule has 2 heterocycles. The summed E-state index contributed by atoms with van der Waals surface area (Å²) < 4.78 is 1.62. The molecule has 7 nitrogen and oxygen atoms in total. The van der Waals surface area contributed by atoms with Crippen LogP contribution < -0.4 is 11.1 Å². The number of nitrogens with zero attached hydrogens (tertiary/aromatic N) is 2. The van der Waals surface area contributed by atoms with E-state index in [4.69, 9.17) is 5.73 Å². The van der Waals surface area contributed by atoms with E-state index in [0.717, 1.165) is 24.1 Å². The molecule has 0 fully saturated rings. The van der Waals surface area contributed by atoms with Gasteiger partial charge in [-0.15, -0.1) is 0 Å². The molecular formula is C17H16N4O3. The van der Waals surface area contributed by atoms with Gasteiger partial charge < -0.3 is 16.2 Å². The van der Waals surface area contributed by atoms with Gasteiger partial charge in [-0.05, 0) is 30.5 Å². The van der Waals surface area contributed by atoms with Crippen LogP contribution in [0.15, 0.2) is 41.7 Å². The fourth-order valence-corrected chi connectivity index (χ4v) is 3.40. The molecular weight excluding hydrogens is 308 g/mol. The lowest BCUT2D eigenvalue weighted by Crippen LogP contribution is -2.32. The van der Waals surface area contributed by atoms with Gasteiger partial charge in [0.25, 0.3) is 5.91 Å². The van der Waals surface area contributed by atoms with Crippen molar-refractivity contribution in [3.05, 3.63) is 52.9 Å². The molecule has 1 aliphatic carbocycles. The van der Waals surface area contributed by atoms with E-state index in [1.807, 2.05) is 0 Å². The van der Waals surface area contributed by atoms with Gasteiger partial charge >= 0.3 is 0 Å². The van der Waals surface area contributed by atoms with Crippen molar-refractivity contribution in [2.75, 3.05) is 5.32 Å². The normalized spacial score (nSPS) is 19.5. The van der Waals surface area contributed by atoms with E-state index in [1.165, 1.54) is 6.20 Å². The van der Waals surface area contributed by atoms with Gasteiger partial charge in [-0.1, -0.05) is 12.1 Å². The van der Waals surface area contributed by atoms with E-state index in [2.05, 4.69) is 10.4 Å². The lowest BCUT2D eigenvalue weighted by atomic mass is 9.85. The molecule has 7 heteroatoms. The second-order valence-corrected chi connectivity index (χ2v) is 6.00. The van der Waals surface area contributed by atoms with Gasteiger partial charge in [-0.3, -0.25) is 9.59 Å². The molecule has 0 bridgehead atoms. The maximum atomic E-state index is 12.5. The predicted molar refractivity (Wildman–Crippen MR) is 86.5 cm³/mol. The largest absolute Gasteiger partial charge is 0.508 e. The number of carbonyl (C=O) groups excluding carboxylic acids is 2. The van der Waals surface area contributed by atoms with E-state index >= 15 is 0 Å². The maximum absolute atomic E-state index is 12.5. The van der Waals surface area contributed by atoms with Gasteiger partial charge in [-0.25, -0.2) is 4.68 Å². The summed E-state index contributed by atoms with van der Waals surface area (Å²) in [4.78, 5) is 24.2. The minimum absolute atomic E-state index is 0.0728. The third-order valence-electron chi connectivity index (χ3n) is 4.51. The fourth-order valence-electron chi connectivity index (χ4n) is 3.40. The minimum Gasteiger partial charge on any atom is -0.508 e. The Labute approximate surface area is 137 Å². The highest BCUT2D eigenvalue weighted by molar-refractivity contribution is 6.02. The Morgan fingerprint density at radius 1 is 1.29 bits per heavy atom. The quantitative estimate of drug-likeness (QED) is 0.779. The SMILES string of the molecule is NC(=O)c1cnn2c1NC1=C(C(=O)CCC1)[C@H]2c1ccc(O)cc1. The van der Waals surface area contributed by atoms with Gasteiger partial charge in [0.1, 0.15) is 23.2 Å². The van der Waals surface area contributed by atoms with Crippen LogP contribution in [0, 0.1) is 0 Å². The first-order valence-electron chi connectivity index (χ1n) is 7.76. The van der Waals surface area contributed by atoms with Gasteiger partial charge in [0.15, 0.2) is 5.78 Å². The number of nitrogens with one attached hydrogen (secondary N) is 1. The highest BCUT2D eigenvalue weighted by atomic mass is 16.3. The van der Waals surface area contributed by atoms with Crippen LogP contribution in [0.4, 0.5) is 5.82 Å². The average molecular weight is 324 g/mol. The summed E-state index contributed by atoms with van der Waals surface area (Å²) in [5.41, 5.74) is 8.03. The van der Waals surface area contributed by atoms with Crippen molar-refractivity contribution in [1.29, 1.82) is 0 Å². The number of phenolic OH excluding ortho intramolecular Hbond substituents is 1. The summed E-state index contributed by atoms with van der Waals surface area (Å²) in [6.07, 6.45) is 3.42. The van der Waals surface area contributed by atoms with Crippen LogP contribution >= 0.6 is 0 Å². The standard InChI is InChI=1S/C17H16N4O3/c18-16(24)11-8-19-21-15(9-4-6-10(22)7-5-9)14-12(20-17(11)21)2-1-3-13(14)23/h4-8,15,20,22H,1-3H2,(H2,18,24)/t15-/m1/s1. The summed E-state index contributed by atoms with van der Waals surface area (Å²) in [7, 11) is 0. The number of ketones is 1. The van der Waals surface area contributed by atoms with Crippen LogP contribution in [0.5, 0.6) is 5.75 Å². The Kier molecular flexibility index (Phi) is 3.16. The second kappa shape index (κ2) is 5.23. The smallest absolute Gasteiger partial charge is 0.254 e. The van der Waals surface area contributed by atoms with Crippen molar-refractivity contribution < 1.29 is 14.7 Å². The number of amides is 1. The Bertz CT molecular complexity index is 880. The number of aromatic nitrogens is 2. The second-order valence-electron chi connectivity index (χ2n) is 6.00. The molecule has 1 aromatic carbocycles. The monoisotopic (exact) mass is 324 g/mol. The third-order valence-corrected chi connectivity index (χ3v) is 4.51. The molecule has 1 aromatic heterocycles. The predicted octanol–water partition coefficient (Wildman–Crippen LogP) is 1.71. The molecule has 24 heavy (non-hydrogen) atoms. The van der Waals surface area contributed by atoms with Crippen LogP contribution in [0.2, 0.25) is 0 Å². The zero-order valence-corrected chi connectivity index (χ0v) is 12.8. The Morgan fingerprint density at radius 3 is 2.75 bits per heavy atom. The van der Waals surface area contributed by atoms with Crippen molar-refractivity contribution in [2.45, 2.75) is 25.3 Å². The van der Waals surface area contributed by atoms with Crippen molar-refractivity contribution in [3.8, 4) is 5.75 Å². The van der Waals surface area contributed by atoms with Crippen LogP contribution in [-0.4, -0.2) is 26.6 Å². The topological polar surface area (TPSA) is 110 Å². The molecule has 4 rings (SSSR count). The first kappa shape index (κ1) is 14.5. The molecule has 0 radical (unpaired) electrons. The summed E-state index contributed by atoms with van der Waals surface area (Å²) in [6, 6.07) is 6.23. The summed E-state index contributed by atoms with van der Waals surface area (Å²) in [6.45, 7) is 0. The summed E-state index contributed by atoms with van der Waals surface area (Å²) in [5.74, 6) is 0.160. The molecule has 0 saturated carbocycles. The molecule has 2 aromatic rings. The van der Waals surface area contributed by atoms with Gasteiger partial charge in [0.2, 0.25) is 0 Å². The highest BCUT2D eigenvalue weighted by Gasteiger charge is 2.37. The number of carbonyl (C=O) groups is 2. The van der Waals surface area contributed by atoms with Crippen molar-refractivity contribution >= 4 is 17.5 Å². The molecule has 0 saturated heterocycles. The number of fused-ring (bicyclic) bond motifs is 1. The van der Waals surface area contributed by atoms with Crippen molar-refractivity contribution in [1.82, 2.24) is 9.78 Å². The van der Waals surface area contributed by atoms with E-state index in [0.29, 0.717) is 23.4 Å². The van der Waals surface area contributed by atoms with Crippen LogP contribution in [0.25, 0.3) is 0 Å². The summed E-state index contributed by atoms with van der Waals surface area (Å²) >= 11 is 0. The molecule has 4 N–H and O–H groups in total. The van der Waals surface area contributed by atoms with Gasteiger partial charge in [0, 0.05) is 17.7 Å². The Hall–Kier alpha value is -3.09. The first-order chi connectivity index (χ1) is 11.6.